The number of rotatable bonds is 3. The highest BCUT2D eigenvalue weighted by molar-refractivity contribution is 5.89. The zero-order valence-electron chi connectivity index (χ0n) is 15.6. The van der Waals surface area contributed by atoms with Crippen molar-refractivity contribution in [3.8, 4) is 6.07 Å². The highest BCUT2D eigenvalue weighted by Crippen LogP contribution is 2.49. The zero-order valence-corrected chi connectivity index (χ0v) is 15.6. The summed E-state index contributed by atoms with van der Waals surface area (Å²) in [6.07, 6.45) is 5.41. The van der Waals surface area contributed by atoms with Gasteiger partial charge in [-0.05, 0) is 79.1 Å². The number of carbonyl (C=O) groups excluding carboxylic acids is 1. The summed E-state index contributed by atoms with van der Waals surface area (Å²) in [4.78, 5) is 12.0. The summed E-state index contributed by atoms with van der Waals surface area (Å²) in [6.45, 7) is 0. The average Bonchev–Trinajstić information content (AvgIpc) is 2.85. The van der Waals surface area contributed by atoms with Crippen molar-refractivity contribution in [1.29, 1.82) is 10.7 Å². The number of hydrogen-bond donors (Lipinski definition) is 2. The van der Waals surface area contributed by atoms with Gasteiger partial charge in [-0.1, -0.05) is 0 Å². The molecule has 1 fully saturated rings. The molecule has 5 heteroatoms. The second kappa shape index (κ2) is 7.20. The van der Waals surface area contributed by atoms with Gasteiger partial charge in [-0.3, -0.25) is 4.79 Å². The Hall–Kier alpha value is -3.00. The Balaban J connectivity index is 1.79. The van der Waals surface area contributed by atoms with Crippen LogP contribution < -0.4 is 5.32 Å². The summed E-state index contributed by atoms with van der Waals surface area (Å²) in [5.74, 6) is 0.00398. The Morgan fingerprint density at radius 2 is 2.04 bits per heavy atom. The number of halogens is 1. The Labute approximate surface area is 163 Å². The van der Waals surface area contributed by atoms with Crippen LogP contribution in [-0.4, -0.2) is 12.0 Å². The van der Waals surface area contributed by atoms with E-state index in [-0.39, 0.29) is 17.5 Å². The first-order chi connectivity index (χ1) is 13.6. The fraction of sp³-hybridized carbons (Fsp3) is 0.348. The molecule has 1 saturated carbocycles. The first kappa shape index (κ1) is 18.4. The Morgan fingerprint density at radius 1 is 1.25 bits per heavy atom. The van der Waals surface area contributed by atoms with Gasteiger partial charge in [0.1, 0.15) is 11.6 Å². The molecule has 2 N–H and O–H groups in total. The SMILES string of the molecule is N#C[C@@]12CCC(=O)C[C@H]1CCCc1cc(Nc3ccc(F)cc3)c(C=N)cc12. The zero-order chi connectivity index (χ0) is 19.7. The molecule has 0 spiro atoms. The van der Waals surface area contributed by atoms with Crippen LogP contribution in [0, 0.1) is 28.5 Å². The number of hydrogen-bond acceptors (Lipinski definition) is 4. The van der Waals surface area contributed by atoms with Crippen LogP contribution in [0.4, 0.5) is 15.8 Å². The van der Waals surface area contributed by atoms with Gasteiger partial charge in [0, 0.05) is 36.0 Å². The Kier molecular flexibility index (Phi) is 4.72. The summed E-state index contributed by atoms with van der Waals surface area (Å²) in [5, 5.41) is 21.3. The fourth-order valence-electron chi connectivity index (χ4n) is 4.74. The summed E-state index contributed by atoms with van der Waals surface area (Å²) in [6, 6.07) is 12.7. The smallest absolute Gasteiger partial charge is 0.133 e. The lowest BCUT2D eigenvalue weighted by molar-refractivity contribution is -0.122. The molecular formula is C23H22FN3O. The molecule has 2 aliphatic rings. The average molecular weight is 375 g/mol. The molecule has 0 aromatic heterocycles. The van der Waals surface area contributed by atoms with Gasteiger partial charge in [0.25, 0.3) is 0 Å². The molecule has 2 atom stereocenters. The maximum Gasteiger partial charge on any atom is 0.133 e. The molecule has 0 amide bonds. The van der Waals surface area contributed by atoms with Crippen LogP contribution in [0.3, 0.4) is 0 Å². The van der Waals surface area contributed by atoms with Gasteiger partial charge in [-0.15, -0.1) is 0 Å². The minimum Gasteiger partial charge on any atom is -0.355 e. The maximum atomic E-state index is 13.2. The van der Waals surface area contributed by atoms with E-state index in [1.54, 1.807) is 12.1 Å². The molecule has 0 radical (unpaired) electrons. The minimum atomic E-state index is -0.647. The van der Waals surface area contributed by atoms with Crippen molar-refractivity contribution in [1.82, 2.24) is 0 Å². The van der Waals surface area contributed by atoms with E-state index in [2.05, 4.69) is 11.4 Å². The van der Waals surface area contributed by atoms with E-state index < -0.39 is 5.41 Å². The summed E-state index contributed by atoms with van der Waals surface area (Å²) >= 11 is 0. The third kappa shape index (κ3) is 3.09. The van der Waals surface area contributed by atoms with Crippen molar-refractivity contribution in [2.45, 2.75) is 43.9 Å². The van der Waals surface area contributed by atoms with Crippen molar-refractivity contribution >= 4 is 23.4 Å². The standard InChI is InChI=1S/C23H22FN3O/c24-18-4-6-19(7-5-18)27-22-11-15-2-1-3-17-12-20(28)8-9-23(17,14-26)21(15)10-16(22)13-25/h4-7,10-11,13,17,25,27H,1-3,8-9,12H2/t17-,23+/m1/s1. The van der Waals surface area contributed by atoms with Crippen molar-refractivity contribution in [3.63, 3.8) is 0 Å². The van der Waals surface area contributed by atoms with Gasteiger partial charge in [-0.25, -0.2) is 4.39 Å². The normalized spacial score (nSPS) is 23.7. The summed E-state index contributed by atoms with van der Waals surface area (Å²) < 4.78 is 13.2. The van der Waals surface area contributed by atoms with Gasteiger partial charge in [0.05, 0.1) is 11.5 Å². The number of carbonyl (C=O) groups is 1. The molecule has 0 aliphatic heterocycles. The van der Waals surface area contributed by atoms with E-state index in [1.807, 2.05) is 12.1 Å². The molecule has 28 heavy (non-hydrogen) atoms. The van der Waals surface area contributed by atoms with Gasteiger partial charge in [0.15, 0.2) is 0 Å². The number of nitrogens with zero attached hydrogens (tertiary/aromatic N) is 1. The second-order valence-electron chi connectivity index (χ2n) is 7.79. The molecular weight excluding hydrogens is 353 g/mol. The van der Waals surface area contributed by atoms with Crippen molar-refractivity contribution in [2.75, 3.05) is 5.32 Å². The van der Waals surface area contributed by atoms with Crippen LogP contribution in [0.1, 0.15) is 48.8 Å². The third-order valence-electron chi connectivity index (χ3n) is 6.20. The topological polar surface area (TPSA) is 76.7 Å². The molecule has 142 valence electrons. The molecule has 2 aromatic rings. The van der Waals surface area contributed by atoms with E-state index in [9.17, 15) is 14.4 Å². The molecule has 2 aliphatic carbocycles. The number of nitriles is 1. The number of fused-ring (bicyclic) bond motifs is 3. The highest BCUT2D eigenvalue weighted by Gasteiger charge is 2.47. The number of nitrogens with one attached hydrogen (secondary N) is 2. The number of aryl methyl sites for hydroxylation is 1. The minimum absolute atomic E-state index is 0.0505. The lowest BCUT2D eigenvalue weighted by Crippen LogP contribution is -2.39. The van der Waals surface area contributed by atoms with Gasteiger partial charge < -0.3 is 10.7 Å². The van der Waals surface area contributed by atoms with Crippen LogP contribution in [0.5, 0.6) is 0 Å². The van der Waals surface area contributed by atoms with Crippen molar-refractivity contribution in [3.05, 3.63) is 58.9 Å². The molecule has 0 unspecified atom stereocenters. The lowest BCUT2D eigenvalue weighted by Gasteiger charge is -2.38. The molecule has 0 heterocycles. The number of Topliss-reactive ketones (excluding diaryl/α,β-unsaturated/α-hetero) is 1. The van der Waals surface area contributed by atoms with Crippen LogP contribution in [-0.2, 0) is 16.6 Å². The van der Waals surface area contributed by atoms with E-state index in [4.69, 9.17) is 5.41 Å². The van der Waals surface area contributed by atoms with Crippen LogP contribution in [0.2, 0.25) is 0 Å². The van der Waals surface area contributed by atoms with Gasteiger partial charge in [-0.2, -0.15) is 5.26 Å². The largest absolute Gasteiger partial charge is 0.355 e. The van der Waals surface area contributed by atoms with Crippen LogP contribution >= 0.6 is 0 Å². The first-order valence-electron chi connectivity index (χ1n) is 9.69. The lowest BCUT2D eigenvalue weighted by atomic mass is 9.62. The Morgan fingerprint density at radius 3 is 2.75 bits per heavy atom. The van der Waals surface area contributed by atoms with Crippen LogP contribution in [0.25, 0.3) is 0 Å². The Bertz CT molecular complexity index is 977. The monoisotopic (exact) mass is 375 g/mol. The number of ketones is 1. The number of benzene rings is 2. The van der Waals surface area contributed by atoms with Crippen LogP contribution in [0.15, 0.2) is 36.4 Å². The summed E-state index contributed by atoms with van der Waals surface area (Å²) in [7, 11) is 0. The van der Waals surface area contributed by atoms with E-state index >= 15 is 0 Å². The molecule has 4 nitrogen and oxygen atoms in total. The predicted octanol–water partition coefficient (Wildman–Crippen LogP) is 5.03. The van der Waals surface area contributed by atoms with E-state index in [0.717, 1.165) is 41.8 Å². The maximum absolute atomic E-state index is 13.2. The van der Waals surface area contributed by atoms with Crippen molar-refractivity contribution < 1.29 is 9.18 Å². The number of anilines is 2. The van der Waals surface area contributed by atoms with E-state index in [1.165, 1.54) is 18.3 Å². The molecule has 0 saturated heterocycles. The molecule has 4 rings (SSSR count). The quantitative estimate of drug-likeness (QED) is 0.738. The molecule has 2 aromatic carbocycles. The van der Waals surface area contributed by atoms with Gasteiger partial charge >= 0.3 is 0 Å². The van der Waals surface area contributed by atoms with E-state index in [0.29, 0.717) is 24.8 Å². The molecule has 0 bridgehead atoms. The second-order valence-corrected chi connectivity index (χ2v) is 7.79. The fourth-order valence-corrected chi connectivity index (χ4v) is 4.74. The van der Waals surface area contributed by atoms with Crippen molar-refractivity contribution in [2.24, 2.45) is 5.92 Å². The van der Waals surface area contributed by atoms with Gasteiger partial charge in [0.2, 0.25) is 0 Å². The third-order valence-corrected chi connectivity index (χ3v) is 6.20. The summed E-state index contributed by atoms with van der Waals surface area (Å²) in [5.41, 5.74) is 3.65. The first-order valence-corrected chi connectivity index (χ1v) is 9.69. The highest BCUT2D eigenvalue weighted by atomic mass is 19.1. The predicted molar refractivity (Wildman–Crippen MR) is 107 cm³/mol.